The Labute approximate surface area is 160 Å². The molecular weight excluding hydrogens is 340 g/mol. The Bertz CT molecular complexity index is 847. The van der Waals surface area contributed by atoms with Crippen molar-refractivity contribution in [3.63, 3.8) is 0 Å². The van der Waals surface area contributed by atoms with Gasteiger partial charge in [-0.3, -0.25) is 4.79 Å². The average molecular weight is 366 g/mol. The summed E-state index contributed by atoms with van der Waals surface area (Å²) < 4.78 is 4.81. The summed E-state index contributed by atoms with van der Waals surface area (Å²) in [6, 6.07) is 13.4. The number of piperidine rings is 1. The summed E-state index contributed by atoms with van der Waals surface area (Å²) >= 11 is 0. The number of nitrogens with one attached hydrogen (secondary N) is 1. The second kappa shape index (κ2) is 8.25. The van der Waals surface area contributed by atoms with Crippen LogP contribution in [0.15, 0.2) is 42.5 Å². The van der Waals surface area contributed by atoms with E-state index in [4.69, 9.17) is 4.74 Å². The number of anilines is 1. The summed E-state index contributed by atoms with van der Waals surface area (Å²) in [5, 5.41) is 3.55. The van der Waals surface area contributed by atoms with Crippen LogP contribution in [0.3, 0.4) is 0 Å². The predicted molar refractivity (Wildman–Crippen MR) is 106 cm³/mol. The maximum atomic E-state index is 13.0. The van der Waals surface area contributed by atoms with Crippen LogP contribution < -0.4 is 5.32 Å². The number of hydrogen-bond acceptors (Lipinski definition) is 4. The number of carbonyl (C=O) groups is 2. The van der Waals surface area contributed by atoms with Crippen LogP contribution >= 0.6 is 0 Å². The molecule has 27 heavy (non-hydrogen) atoms. The second-order valence-electron chi connectivity index (χ2n) is 7.07. The first-order valence-corrected chi connectivity index (χ1v) is 9.30. The number of benzene rings is 2. The molecule has 1 heterocycles. The number of aryl methyl sites for hydroxylation is 2. The van der Waals surface area contributed by atoms with Gasteiger partial charge < -0.3 is 15.0 Å². The van der Waals surface area contributed by atoms with E-state index in [1.165, 1.54) is 18.2 Å². The number of esters is 1. The second-order valence-corrected chi connectivity index (χ2v) is 7.07. The van der Waals surface area contributed by atoms with E-state index in [2.05, 4.69) is 37.4 Å². The van der Waals surface area contributed by atoms with Gasteiger partial charge >= 0.3 is 5.97 Å². The van der Waals surface area contributed by atoms with Crippen molar-refractivity contribution in [1.82, 2.24) is 4.90 Å². The van der Waals surface area contributed by atoms with E-state index in [9.17, 15) is 9.59 Å². The first-order valence-electron chi connectivity index (χ1n) is 9.30. The Kier molecular flexibility index (Phi) is 5.79. The topological polar surface area (TPSA) is 58.6 Å². The number of hydrogen-bond donors (Lipinski definition) is 1. The highest BCUT2D eigenvalue weighted by molar-refractivity contribution is 6.05. The Morgan fingerprint density at radius 1 is 1.07 bits per heavy atom. The lowest BCUT2D eigenvalue weighted by Gasteiger charge is -2.34. The van der Waals surface area contributed by atoms with E-state index in [0.717, 1.165) is 18.5 Å². The lowest BCUT2D eigenvalue weighted by atomic mass is 10.0. The smallest absolute Gasteiger partial charge is 0.338 e. The largest absolute Gasteiger partial charge is 0.465 e. The van der Waals surface area contributed by atoms with E-state index in [-0.39, 0.29) is 11.9 Å². The van der Waals surface area contributed by atoms with Crippen molar-refractivity contribution < 1.29 is 14.3 Å². The van der Waals surface area contributed by atoms with Crippen molar-refractivity contribution in [3.05, 3.63) is 64.7 Å². The Hall–Kier alpha value is -2.82. The van der Waals surface area contributed by atoms with Gasteiger partial charge in [0.1, 0.15) is 0 Å². The zero-order chi connectivity index (χ0) is 19.4. The van der Waals surface area contributed by atoms with E-state index in [1.807, 2.05) is 4.90 Å². The highest BCUT2D eigenvalue weighted by Crippen LogP contribution is 2.21. The van der Waals surface area contributed by atoms with Crippen LogP contribution in [0.2, 0.25) is 0 Å². The van der Waals surface area contributed by atoms with Crippen molar-refractivity contribution >= 4 is 17.6 Å². The number of ether oxygens (including phenoxy) is 1. The molecule has 1 fully saturated rings. The fourth-order valence-electron chi connectivity index (χ4n) is 3.47. The molecule has 0 spiro atoms. The molecule has 1 N–H and O–H groups in total. The van der Waals surface area contributed by atoms with Crippen molar-refractivity contribution in [3.8, 4) is 0 Å². The number of likely N-dealkylation sites (tertiary alicyclic amines) is 1. The van der Waals surface area contributed by atoms with Crippen molar-refractivity contribution in [1.29, 1.82) is 0 Å². The minimum absolute atomic E-state index is 0.123. The third-order valence-corrected chi connectivity index (χ3v) is 5.15. The molecule has 5 nitrogen and oxygen atoms in total. The molecule has 5 heteroatoms. The van der Waals surface area contributed by atoms with Gasteiger partial charge in [0.15, 0.2) is 0 Å². The molecule has 2 aromatic carbocycles. The summed E-state index contributed by atoms with van der Waals surface area (Å²) in [7, 11) is 1.33. The number of methoxy groups -OCH3 is 1. The molecule has 2 aromatic rings. The van der Waals surface area contributed by atoms with Gasteiger partial charge in [-0.25, -0.2) is 4.79 Å². The molecule has 0 aromatic heterocycles. The lowest BCUT2D eigenvalue weighted by molar-refractivity contribution is 0.0587. The maximum Gasteiger partial charge on any atom is 0.338 e. The molecule has 1 amide bonds. The van der Waals surface area contributed by atoms with E-state index in [0.29, 0.717) is 24.2 Å². The number of amides is 1. The Morgan fingerprint density at radius 3 is 2.52 bits per heavy atom. The van der Waals surface area contributed by atoms with Gasteiger partial charge in [-0.2, -0.15) is 0 Å². The van der Waals surface area contributed by atoms with Crippen molar-refractivity contribution in [2.24, 2.45) is 0 Å². The molecule has 1 saturated heterocycles. The van der Waals surface area contributed by atoms with Gasteiger partial charge in [-0.05, 0) is 62.1 Å². The van der Waals surface area contributed by atoms with Crippen LogP contribution in [0, 0.1) is 13.8 Å². The number of nitrogens with zero attached hydrogens (tertiary/aromatic N) is 1. The fourth-order valence-corrected chi connectivity index (χ4v) is 3.47. The standard InChI is InChI=1S/C22H26N2O3/c1-15-10-11-17(13-16(15)2)23-18-7-6-12-24(14-18)21(25)19-8-4-5-9-20(19)22(26)27-3/h4-5,8-11,13,18,23H,6-7,12,14H2,1-3H3/t18-/m0/s1. The summed E-state index contributed by atoms with van der Waals surface area (Å²) in [6.07, 6.45) is 1.93. The monoisotopic (exact) mass is 366 g/mol. The summed E-state index contributed by atoms with van der Waals surface area (Å²) in [6.45, 7) is 5.50. The van der Waals surface area contributed by atoms with Crippen LogP contribution in [-0.4, -0.2) is 43.0 Å². The zero-order valence-electron chi connectivity index (χ0n) is 16.1. The van der Waals surface area contributed by atoms with E-state index < -0.39 is 5.97 Å². The van der Waals surface area contributed by atoms with Crippen molar-refractivity contribution in [2.75, 3.05) is 25.5 Å². The normalized spacial score (nSPS) is 16.7. The molecule has 142 valence electrons. The average Bonchev–Trinajstić information content (AvgIpc) is 2.70. The Morgan fingerprint density at radius 2 is 1.81 bits per heavy atom. The SMILES string of the molecule is COC(=O)c1ccccc1C(=O)N1CCC[C@H](Nc2ccc(C)c(C)c2)C1. The molecule has 0 aliphatic carbocycles. The minimum atomic E-state index is -0.485. The minimum Gasteiger partial charge on any atom is -0.465 e. The first-order chi connectivity index (χ1) is 13.0. The zero-order valence-corrected chi connectivity index (χ0v) is 16.1. The van der Waals surface area contributed by atoms with Crippen molar-refractivity contribution in [2.45, 2.75) is 32.7 Å². The Balaban J connectivity index is 1.73. The highest BCUT2D eigenvalue weighted by atomic mass is 16.5. The molecular formula is C22H26N2O3. The van der Waals surface area contributed by atoms with Crippen LogP contribution in [0.5, 0.6) is 0 Å². The summed E-state index contributed by atoms with van der Waals surface area (Å²) in [4.78, 5) is 26.8. The third kappa shape index (κ3) is 4.30. The molecule has 1 aliphatic heterocycles. The van der Waals surface area contributed by atoms with E-state index in [1.54, 1.807) is 24.3 Å². The number of rotatable bonds is 4. The molecule has 0 bridgehead atoms. The summed E-state index contributed by atoms with van der Waals surface area (Å²) in [5.74, 6) is -0.608. The quantitative estimate of drug-likeness (QED) is 0.836. The van der Waals surface area contributed by atoms with Gasteiger partial charge in [0, 0.05) is 24.8 Å². The number of carbonyl (C=O) groups excluding carboxylic acids is 2. The molecule has 3 rings (SSSR count). The highest BCUT2D eigenvalue weighted by Gasteiger charge is 2.27. The van der Waals surface area contributed by atoms with Gasteiger partial charge in [0.25, 0.3) is 5.91 Å². The van der Waals surface area contributed by atoms with Crippen LogP contribution in [0.4, 0.5) is 5.69 Å². The van der Waals surface area contributed by atoms with Crippen LogP contribution in [-0.2, 0) is 4.74 Å². The van der Waals surface area contributed by atoms with Gasteiger partial charge in [0.2, 0.25) is 0 Å². The predicted octanol–water partition coefficient (Wildman–Crippen LogP) is 3.81. The maximum absolute atomic E-state index is 13.0. The lowest BCUT2D eigenvalue weighted by Crippen LogP contribution is -2.45. The molecule has 0 unspecified atom stereocenters. The molecule has 1 aliphatic rings. The van der Waals surface area contributed by atoms with Gasteiger partial charge in [-0.1, -0.05) is 18.2 Å². The van der Waals surface area contributed by atoms with Gasteiger partial charge in [0.05, 0.1) is 18.2 Å². The van der Waals surface area contributed by atoms with Crippen LogP contribution in [0.1, 0.15) is 44.7 Å². The molecule has 1 atom stereocenters. The third-order valence-electron chi connectivity index (χ3n) is 5.15. The van der Waals surface area contributed by atoms with Gasteiger partial charge in [-0.15, -0.1) is 0 Å². The van der Waals surface area contributed by atoms with Crippen LogP contribution in [0.25, 0.3) is 0 Å². The van der Waals surface area contributed by atoms with E-state index >= 15 is 0 Å². The molecule has 0 saturated carbocycles. The summed E-state index contributed by atoms with van der Waals surface area (Å²) in [5.41, 5.74) is 4.30. The first kappa shape index (κ1) is 19.0. The fraction of sp³-hybridized carbons (Fsp3) is 0.364. The molecule has 0 radical (unpaired) electrons.